The highest BCUT2D eigenvalue weighted by atomic mass is 16.5. The lowest BCUT2D eigenvalue weighted by atomic mass is 10.1. The number of hydrogen-bond donors (Lipinski definition) is 0. The van der Waals surface area contributed by atoms with Crippen LogP contribution in [0.2, 0.25) is 0 Å². The first kappa shape index (κ1) is 12.1. The largest absolute Gasteiger partial charge is 0.465 e. The van der Waals surface area contributed by atoms with Crippen LogP contribution in [0.4, 0.5) is 0 Å². The van der Waals surface area contributed by atoms with E-state index in [-0.39, 0.29) is 5.97 Å². The van der Waals surface area contributed by atoms with Crippen LogP contribution in [0, 0.1) is 0 Å². The van der Waals surface area contributed by atoms with Crippen LogP contribution in [0.5, 0.6) is 0 Å². The van der Waals surface area contributed by atoms with Gasteiger partial charge in [0.15, 0.2) is 0 Å². The smallest absolute Gasteiger partial charge is 0.338 e. The Morgan fingerprint density at radius 1 is 1.41 bits per heavy atom. The highest BCUT2D eigenvalue weighted by Crippen LogP contribution is 2.28. The Kier molecular flexibility index (Phi) is 3.79. The van der Waals surface area contributed by atoms with E-state index in [9.17, 15) is 4.79 Å². The van der Waals surface area contributed by atoms with Crippen molar-refractivity contribution in [2.45, 2.75) is 32.4 Å². The van der Waals surface area contributed by atoms with Crippen LogP contribution in [-0.2, 0) is 11.3 Å². The first-order valence-electron chi connectivity index (χ1n) is 6.16. The Balaban J connectivity index is 2.16. The van der Waals surface area contributed by atoms with Crippen molar-refractivity contribution in [2.24, 2.45) is 0 Å². The Morgan fingerprint density at radius 2 is 2.12 bits per heavy atom. The van der Waals surface area contributed by atoms with Gasteiger partial charge in [-0.2, -0.15) is 0 Å². The molecular formula is C14H19NO2. The van der Waals surface area contributed by atoms with E-state index in [0.717, 1.165) is 18.7 Å². The Hall–Kier alpha value is -1.35. The number of esters is 1. The van der Waals surface area contributed by atoms with Crippen molar-refractivity contribution >= 4 is 5.97 Å². The molecule has 1 saturated carbocycles. The van der Waals surface area contributed by atoms with Gasteiger partial charge in [-0.15, -0.1) is 0 Å². The quantitative estimate of drug-likeness (QED) is 0.732. The molecule has 1 aliphatic rings. The summed E-state index contributed by atoms with van der Waals surface area (Å²) in [7, 11) is 1.43. The van der Waals surface area contributed by atoms with Crippen molar-refractivity contribution < 1.29 is 9.53 Å². The molecule has 92 valence electrons. The molecule has 17 heavy (non-hydrogen) atoms. The summed E-state index contributed by atoms with van der Waals surface area (Å²) >= 11 is 0. The average Bonchev–Trinajstić information content (AvgIpc) is 3.19. The zero-order valence-electron chi connectivity index (χ0n) is 10.5. The van der Waals surface area contributed by atoms with Crippen LogP contribution >= 0.6 is 0 Å². The van der Waals surface area contributed by atoms with Crippen LogP contribution in [0.1, 0.15) is 35.7 Å². The van der Waals surface area contributed by atoms with Crippen molar-refractivity contribution in [1.82, 2.24) is 4.90 Å². The zero-order valence-corrected chi connectivity index (χ0v) is 10.5. The molecule has 0 bridgehead atoms. The van der Waals surface area contributed by atoms with Gasteiger partial charge in [0.25, 0.3) is 0 Å². The fraction of sp³-hybridized carbons (Fsp3) is 0.500. The predicted molar refractivity (Wildman–Crippen MR) is 66.9 cm³/mol. The lowest BCUT2D eigenvalue weighted by Gasteiger charge is -2.21. The predicted octanol–water partition coefficient (Wildman–Crippen LogP) is 2.46. The monoisotopic (exact) mass is 233 g/mol. The second kappa shape index (κ2) is 5.32. The number of benzene rings is 1. The van der Waals surface area contributed by atoms with Crippen molar-refractivity contribution in [3.8, 4) is 0 Å². The third kappa shape index (κ3) is 2.86. The molecule has 0 atom stereocenters. The van der Waals surface area contributed by atoms with Gasteiger partial charge < -0.3 is 4.74 Å². The van der Waals surface area contributed by atoms with Crippen LogP contribution < -0.4 is 0 Å². The van der Waals surface area contributed by atoms with E-state index >= 15 is 0 Å². The first-order valence-corrected chi connectivity index (χ1v) is 6.16. The molecule has 3 nitrogen and oxygen atoms in total. The Labute approximate surface area is 102 Å². The highest BCUT2D eigenvalue weighted by Gasteiger charge is 2.28. The minimum atomic E-state index is -0.243. The van der Waals surface area contributed by atoms with Crippen LogP contribution in [0.15, 0.2) is 24.3 Å². The number of hydrogen-bond acceptors (Lipinski definition) is 3. The van der Waals surface area contributed by atoms with Gasteiger partial charge in [-0.25, -0.2) is 4.79 Å². The van der Waals surface area contributed by atoms with Gasteiger partial charge in [0.05, 0.1) is 12.7 Å². The van der Waals surface area contributed by atoms with Gasteiger partial charge >= 0.3 is 5.97 Å². The number of ether oxygens (including phenoxy) is 1. The second-order valence-corrected chi connectivity index (χ2v) is 4.44. The maximum Gasteiger partial charge on any atom is 0.338 e. The van der Waals surface area contributed by atoms with E-state index in [4.69, 9.17) is 4.74 Å². The maximum absolute atomic E-state index is 11.6. The fourth-order valence-corrected chi connectivity index (χ4v) is 2.12. The third-order valence-corrected chi connectivity index (χ3v) is 3.27. The molecule has 0 radical (unpaired) electrons. The number of nitrogens with zero attached hydrogens (tertiary/aromatic N) is 1. The molecule has 3 heteroatoms. The van der Waals surface area contributed by atoms with Crippen molar-refractivity contribution in [1.29, 1.82) is 0 Å². The van der Waals surface area contributed by atoms with Crippen LogP contribution in [0.25, 0.3) is 0 Å². The SMILES string of the molecule is CCN(Cc1ccccc1C(=O)OC)C1CC1. The van der Waals surface area contributed by atoms with Gasteiger partial charge in [0.1, 0.15) is 0 Å². The van der Waals surface area contributed by atoms with Gasteiger partial charge in [0, 0.05) is 12.6 Å². The van der Waals surface area contributed by atoms with E-state index < -0.39 is 0 Å². The molecule has 1 aliphatic carbocycles. The molecular weight excluding hydrogens is 214 g/mol. The summed E-state index contributed by atoms with van der Waals surface area (Å²) in [6.45, 7) is 4.03. The standard InChI is InChI=1S/C14H19NO2/c1-3-15(12-8-9-12)10-11-6-4-5-7-13(11)14(16)17-2/h4-7,12H,3,8-10H2,1-2H3. The minimum Gasteiger partial charge on any atom is -0.465 e. The van der Waals surface area contributed by atoms with E-state index in [0.29, 0.717) is 11.6 Å². The molecule has 1 aromatic carbocycles. The first-order chi connectivity index (χ1) is 8.26. The summed E-state index contributed by atoms with van der Waals surface area (Å²) in [5.41, 5.74) is 1.75. The zero-order chi connectivity index (χ0) is 12.3. The highest BCUT2D eigenvalue weighted by molar-refractivity contribution is 5.90. The average molecular weight is 233 g/mol. The number of methoxy groups -OCH3 is 1. The van der Waals surface area contributed by atoms with Gasteiger partial charge in [-0.1, -0.05) is 25.1 Å². The number of carbonyl (C=O) groups is 1. The van der Waals surface area contributed by atoms with Gasteiger partial charge in [-0.3, -0.25) is 4.90 Å². The summed E-state index contributed by atoms with van der Waals surface area (Å²) in [6.07, 6.45) is 2.57. The summed E-state index contributed by atoms with van der Waals surface area (Å²) in [5, 5.41) is 0. The second-order valence-electron chi connectivity index (χ2n) is 4.44. The maximum atomic E-state index is 11.6. The Bertz CT molecular complexity index is 399. The molecule has 0 N–H and O–H groups in total. The van der Waals surface area contributed by atoms with E-state index in [1.54, 1.807) is 0 Å². The molecule has 1 aromatic rings. The van der Waals surface area contributed by atoms with Crippen LogP contribution in [-0.4, -0.2) is 30.6 Å². The topological polar surface area (TPSA) is 29.5 Å². The molecule has 2 rings (SSSR count). The van der Waals surface area contributed by atoms with Crippen molar-refractivity contribution in [2.75, 3.05) is 13.7 Å². The third-order valence-electron chi connectivity index (χ3n) is 3.27. The van der Waals surface area contributed by atoms with Crippen molar-refractivity contribution in [3.05, 3.63) is 35.4 Å². The van der Waals surface area contributed by atoms with Crippen LogP contribution in [0.3, 0.4) is 0 Å². The van der Waals surface area contributed by atoms with Crippen molar-refractivity contribution in [3.63, 3.8) is 0 Å². The molecule has 0 aliphatic heterocycles. The lowest BCUT2D eigenvalue weighted by molar-refractivity contribution is 0.0598. The molecule has 0 unspecified atom stereocenters. The van der Waals surface area contributed by atoms with E-state index in [1.165, 1.54) is 20.0 Å². The lowest BCUT2D eigenvalue weighted by Crippen LogP contribution is -2.26. The summed E-state index contributed by atoms with van der Waals surface area (Å²) in [5.74, 6) is -0.243. The molecule has 0 heterocycles. The summed E-state index contributed by atoms with van der Waals surface area (Å²) < 4.78 is 4.81. The summed E-state index contributed by atoms with van der Waals surface area (Å²) in [4.78, 5) is 14.1. The van der Waals surface area contributed by atoms with E-state index in [1.807, 2.05) is 24.3 Å². The minimum absolute atomic E-state index is 0.243. The number of carbonyl (C=O) groups excluding carboxylic acids is 1. The normalized spacial score (nSPS) is 15.0. The number of rotatable bonds is 5. The van der Waals surface area contributed by atoms with E-state index in [2.05, 4.69) is 11.8 Å². The molecule has 0 saturated heterocycles. The molecule has 0 amide bonds. The Morgan fingerprint density at radius 3 is 2.71 bits per heavy atom. The van der Waals surface area contributed by atoms with Gasteiger partial charge in [0.2, 0.25) is 0 Å². The summed E-state index contributed by atoms with van der Waals surface area (Å²) in [6, 6.07) is 8.41. The molecule has 0 spiro atoms. The molecule has 0 aromatic heterocycles. The fourth-order valence-electron chi connectivity index (χ4n) is 2.12. The van der Waals surface area contributed by atoms with Gasteiger partial charge in [-0.05, 0) is 31.0 Å². The molecule has 1 fully saturated rings.